The third kappa shape index (κ3) is 3.97. The number of amides is 1. The Bertz CT molecular complexity index is 890. The number of benzene rings is 2. The zero-order chi connectivity index (χ0) is 18.5. The van der Waals surface area contributed by atoms with Crippen LogP contribution in [0, 0.1) is 5.82 Å². The van der Waals surface area contributed by atoms with Gasteiger partial charge in [0.25, 0.3) is 5.91 Å². The van der Waals surface area contributed by atoms with Gasteiger partial charge in [0, 0.05) is 18.7 Å². The van der Waals surface area contributed by atoms with Crippen molar-refractivity contribution >= 4 is 5.91 Å². The monoisotopic (exact) mass is 352 g/mol. The van der Waals surface area contributed by atoms with Crippen LogP contribution in [0.3, 0.4) is 0 Å². The predicted molar refractivity (Wildman–Crippen MR) is 99.8 cm³/mol. The van der Waals surface area contributed by atoms with Crippen LogP contribution in [0.5, 0.6) is 0 Å². The molecular formula is C20H21FN4O. The van der Waals surface area contributed by atoms with Crippen molar-refractivity contribution in [3.8, 4) is 16.9 Å². The molecule has 26 heavy (non-hydrogen) atoms. The molecule has 0 bridgehead atoms. The van der Waals surface area contributed by atoms with Crippen molar-refractivity contribution in [1.29, 1.82) is 0 Å². The molecule has 6 heteroatoms. The molecule has 2 aromatic carbocycles. The summed E-state index contributed by atoms with van der Waals surface area (Å²) in [6.45, 7) is 1.24. The molecule has 0 unspecified atom stereocenters. The van der Waals surface area contributed by atoms with Crippen molar-refractivity contribution in [3.63, 3.8) is 0 Å². The predicted octanol–water partition coefficient (Wildman–Crippen LogP) is 2.97. The van der Waals surface area contributed by atoms with Crippen molar-refractivity contribution < 1.29 is 9.18 Å². The summed E-state index contributed by atoms with van der Waals surface area (Å²) in [4.78, 5) is 14.7. The van der Waals surface area contributed by atoms with E-state index in [-0.39, 0.29) is 11.7 Å². The molecule has 0 spiro atoms. The first-order chi connectivity index (χ1) is 12.6. The highest BCUT2D eigenvalue weighted by Crippen LogP contribution is 2.24. The smallest absolute Gasteiger partial charge is 0.270 e. The van der Waals surface area contributed by atoms with Crippen LogP contribution in [0.15, 0.2) is 60.7 Å². The van der Waals surface area contributed by atoms with Gasteiger partial charge in [0.15, 0.2) is 0 Å². The molecule has 1 N–H and O–H groups in total. The lowest BCUT2D eigenvalue weighted by Gasteiger charge is -2.11. The minimum atomic E-state index is -0.371. The van der Waals surface area contributed by atoms with Crippen LogP contribution in [0.2, 0.25) is 0 Å². The van der Waals surface area contributed by atoms with Crippen LogP contribution in [0.4, 0.5) is 4.39 Å². The Balaban J connectivity index is 1.99. The van der Waals surface area contributed by atoms with E-state index in [9.17, 15) is 9.18 Å². The molecule has 3 rings (SSSR count). The molecule has 0 aliphatic rings. The van der Waals surface area contributed by atoms with E-state index in [1.165, 1.54) is 6.07 Å². The maximum Gasteiger partial charge on any atom is 0.270 e. The van der Waals surface area contributed by atoms with Crippen molar-refractivity contribution in [2.24, 2.45) is 0 Å². The van der Waals surface area contributed by atoms with Gasteiger partial charge in [-0.1, -0.05) is 30.3 Å². The summed E-state index contributed by atoms with van der Waals surface area (Å²) in [7, 11) is 3.88. The maximum absolute atomic E-state index is 14.2. The number of likely N-dealkylation sites (N-methyl/N-ethyl adjacent to an activating group) is 1. The first-order valence-electron chi connectivity index (χ1n) is 8.39. The lowest BCUT2D eigenvalue weighted by Crippen LogP contribution is -2.32. The Hall–Kier alpha value is -2.99. The second kappa shape index (κ2) is 7.93. The average Bonchev–Trinajstić information content (AvgIpc) is 3.08. The minimum absolute atomic E-state index is 0.245. The van der Waals surface area contributed by atoms with E-state index < -0.39 is 0 Å². The van der Waals surface area contributed by atoms with Crippen molar-refractivity contribution in [2.45, 2.75) is 0 Å². The summed E-state index contributed by atoms with van der Waals surface area (Å²) in [5, 5.41) is 7.37. The second-order valence-electron chi connectivity index (χ2n) is 6.20. The van der Waals surface area contributed by atoms with Gasteiger partial charge in [0.05, 0.1) is 11.4 Å². The molecular weight excluding hydrogens is 331 g/mol. The highest BCUT2D eigenvalue weighted by atomic mass is 19.1. The normalized spacial score (nSPS) is 10.9. The first kappa shape index (κ1) is 17.8. The molecule has 0 fully saturated rings. The molecule has 0 aliphatic carbocycles. The molecule has 134 valence electrons. The second-order valence-corrected chi connectivity index (χ2v) is 6.20. The first-order valence-corrected chi connectivity index (χ1v) is 8.39. The third-order valence-electron chi connectivity index (χ3n) is 3.94. The van der Waals surface area contributed by atoms with E-state index in [1.807, 2.05) is 49.3 Å². The quantitative estimate of drug-likeness (QED) is 0.742. The number of para-hydroxylation sites is 1. The Kier molecular flexibility index (Phi) is 5.43. The number of rotatable bonds is 6. The summed E-state index contributed by atoms with van der Waals surface area (Å²) in [5.74, 6) is -0.615. The summed E-state index contributed by atoms with van der Waals surface area (Å²) >= 11 is 0. The van der Waals surface area contributed by atoms with Gasteiger partial charge < -0.3 is 10.2 Å². The van der Waals surface area contributed by atoms with Gasteiger partial charge >= 0.3 is 0 Å². The van der Waals surface area contributed by atoms with E-state index in [0.29, 0.717) is 23.5 Å². The highest BCUT2D eigenvalue weighted by molar-refractivity contribution is 5.94. The van der Waals surface area contributed by atoms with Gasteiger partial charge in [-0.05, 0) is 44.4 Å². The topological polar surface area (TPSA) is 50.2 Å². The van der Waals surface area contributed by atoms with Crippen molar-refractivity contribution in [2.75, 3.05) is 27.2 Å². The fraction of sp³-hybridized carbons (Fsp3) is 0.200. The zero-order valence-electron chi connectivity index (χ0n) is 14.8. The molecule has 0 saturated heterocycles. The fourth-order valence-electron chi connectivity index (χ4n) is 2.59. The largest absolute Gasteiger partial charge is 0.349 e. The third-order valence-corrected chi connectivity index (χ3v) is 3.94. The average molecular weight is 352 g/mol. The van der Waals surface area contributed by atoms with Crippen LogP contribution in [0.25, 0.3) is 16.9 Å². The summed E-state index contributed by atoms with van der Waals surface area (Å²) in [6.07, 6.45) is 0. The van der Waals surface area contributed by atoms with E-state index in [0.717, 1.165) is 12.2 Å². The van der Waals surface area contributed by atoms with Gasteiger partial charge in [-0.3, -0.25) is 4.79 Å². The van der Waals surface area contributed by atoms with Crippen LogP contribution in [-0.2, 0) is 0 Å². The highest BCUT2D eigenvalue weighted by Gasteiger charge is 2.18. The lowest BCUT2D eigenvalue weighted by atomic mass is 10.1. The molecule has 3 aromatic rings. The number of hydrogen-bond acceptors (Lipinski definition) is 3. The molecule has 0 atom stereocenters. The number of carbonyl (C=O) groups excluding carboxylic acids is 1. The van der Waals surface area contributed by atoms with Gasteiger partial charge in [0.2, 0.25) is 0 Å². The molecule has 1 heterocycles. The number of halogens is 1. The molecule has 0 saturated carbocycles. The van der Waals surface area contributed by atoms with Gasteiger partial charge in [-0.2, -0.15) is 5.10 Å². The van der Waals surface area contributed by atoms with Gasteiger partial charge in [-0.25, -0.2) is 9.07 Å². The van der Waals surface area contributed by atoms with Crippen LogP contribution in [-0.4, -0.2) is 47.8 Å². The lowest BCUT2D eigenvalue weighted by molar-refractivity contribution is 0.0943. The number of aromatic nitrogens is 2. The van der Waals surface area contributed by atoms with Crippen LogP contribution in [0.1, 0.15) is 10.5 Å². The molecule has 1 aromatic heterocycles. The summed E-state index contributed by atoms with van der Waals surface area (Å²) in [6, 6.07) is 17.4. The van der Waals surface area contributed by atoms with Crippen molar-refractivity contribution in [3.05, 3.63) is 72.2 Å². The minimum Gasteiger partial charge on any atom is -0.349 e. The van der Waals surface area contributed by atoms with Gasteiger partial charge in [-0.15, -0.1) is 0 Å². The number of nitrogens with zero attached hydrogens (tertiary/aromatic N) is 3. The fourth-order valence-corrected chi connectivity index (χ4v) is 2.59. The zero-order valence-corrected chi connectivity index (χ0v) is 14.8. The Morgan fingerprint density at radius 3 is 2.50 bits per heavy atom. The molecule has 0 aliphatic heterocycles. The maximum atomic E-state index is 14.2. The SMILES string of the molecule is CN(C)CCNC(=O)c1cc(-c2ccccc2F)nn1-c1ccccc1. The number of carbonyl (C=O) groups is 1. The van der Waals surface area contributed by atoms with Crippen LogP contribution < -0.4 is 5.32 Å². The summed E-state index contributed by atoms with van der Waals surface area (Å²) in [5.41, 5.74) is 1.90. The van der Waals surface area contributed by atoms with E-state index in [2.05, 4.69) is 10.4 Å². The van der Waals surface area contributed by atoms with Gasteiger partial charge in [0.1, 0.15) is 11.5 Å². The van der Waals surface area contributed by atoms with Crippen molar-refractivity contribution in [1.82, 2.24) is 20.0 Å². The van der Waals surface area contributed by atoms with E-state index >= 15 is 0 Å². The Morgan fingerprint density at radius 2 is 1.81 bits per heavy atom. The summed E-state index contributed by atoms with van der Waals surface area (Å²) < 4.78 is 15.7. The molecule has 1 amide bonds. The molecule has 0 radical (unpaired) electrons. The Morgan fingerprint density at radius 1 is 1.12 bits per heavy atom. The Labute approximate surface area is 152 Å². The van der Waals surface area contributed by atoms with E-state index in [4.69, 9.17) is 0 Å². The number of nitrogens with one attached hydrogen (secondary N) is 1. The number of hydrogen-bond donors (Lipinski definition) is 1. The van der Waals surface area contributed by atoms with Crippen LogP contribution >= 0.6 is 0 Å². The van der Waals surface area contributed by atoms with E-state index in [1.54, 1.807) is 28.9 Å². The standard InChI is InChI=1S/C20H21FN4O/c1-24(2)13-12-22-20(26)19-14-18(16-10-6-7-11-17(16)21)23-25(19)15-8-4-3-5-9-15/h3-11,14H,12-13H2,1-2H3,(H,22,26). The molecule has 5 nitrogen and oxygen atoms in total.